The van der Waals surface area contributed by atoms with Crippen molar-refractivity contribution in [3.63, 3.8) is 0 Å². The number of rotatable bonds is 2. The summed E-state index contributed by atoms with van der Waals surface area (Å²) in [6.07, 6.45) is 10.7. The highest BCUT2D eigenvalue weighted by Crippen LogP contribution is 2.46. The molecule has 7 rings (SSSR count). The third kappa shape index (κ3) is 3.07. The third-order valence-electron chi connectivity index (χ3n) is 7.85. The van der Waals surface area contributed by atoms with E-state index in [4.69, 9.17) is 21.1 Å². The molecule has 5 heterocycles. The number of hydrogen-bond donors (Lipinski definition) is 2. The Labute approximate surface area is 208 Å². The number of nitrogens with zero attached hydrogens (tertiary/aromatic N) is 3. The van der Waals surface area contributed by atoms with Crippen molar-refractivity contribution in [2.24, 2.45) is 0 Å². The number of pyridine rings is 2. The molecule has 0 saturated carbocycles. The van der Waals surface area contributed by atoms with Crippen molar-refractivity contribution in [2.75, 3.05) is 24.6 Å². The highest BCUT2D eigenvalue weighted by molar-refractivity contribution is 6.07. The summed E-state index contributed by atoms with van der Waals surface area (Å²) < 4.78 is 21.0. The fraction of sp³-hybridized carbons (Fsp3) is 0.310. The molecule has 6 nitrogen and oxygen atoms in total. The van der Waals surface area contributed by atoms with Crippen LogP contribution in [0.1, 0.15) is 29.7 Å². The molecular formula is C29H25FN4O2. The summed E-state index contributed by atoms with van der Waals surface area (Å²) in [4.78, 5) is 12.3. The minimum atomic E-state index is -0.483. The Balaban J connectivity index is 1.51. The van der Waals surface area contributed by atoms with Crippen molar-refractivity contribution >= 4 is 27.4 Å². The first-order valence-electron chi connectivity index (χ1n) is 12.4. The molecule has 3 aliphatic heterocycles. The molecule has 0 unspecified atom stereocenters. The fourth-order valence-corrected chi connectivity index (χ4v) is 6.29. The minimum absolute atomic E-state index is 0.0556. The van der Waals surface area contributed by atoms with Gasteiger partial charge in [-0.05, 0) is 48.9 Å². The summed E-state index contributed by atoms with van der Waals surface area (Å²) in [6.45, 7) is 4.38. The number of piperazine rings is 1. The first-order chi connectivity index (χ1) is 17.5. The number of aromatic nitrogens is 2. The second kappa shape index (κ2) is 7.81. The summed E-state index contributed by atoms with van der Waals surface area (Å²) in [6, 6.07) is 7.09. The Hall–Kier alpha value is -3.89. The van der Waals surface area contributed by atoms with Crippen molar-refractivity contribution < 1.29 is 14.2 Å². The van der Waals surface area contributed by atoms with E-state index in [9.17, 15) is 9.50 Å². The van der Waals surface area contributed by atoms with Gasteiger partial charge in [0.05, 0.1) is 12.2 Å². The molecule has 2 fully saturated rings. The number of aryl methyl sites for hydroxylation is 1. The summed E-state index contributed by atoms with van der Waals surface area (Å²) >= 11 is 0. The van der Waals surface area contributed by atoms with Gasteiger partial charge < -0.3 is 20.1 Å². The summed E-state index contributed by atoms with van der Waals surface area (Å²) in [7, 11) is 0. The zero-order valence-corrected chi connectivity index (χ0v) is 19.9. The van der Waals surface area contributed by atoms with Crippen LogP contribution < -0.4 is 15.0 Å². The molecule has 36 heavy (non-hydrogen) atoms. The topological polar surface area (TPSA) is 70.5 Å². The molecule has 4 aromatic rings. The van der Waals surface area contributed by atoms with Crippen LogP contribution >= 0.6 is 0 Å². The van der Waals surface area contributed by atoms with Gasteiger partial charge >= 0.3 is 0 Å². The van der Waals surface area contributed by atoms with Gasteiger partial charge in [-0.15, -0.1) is 6.42 Å². The molecule has 7 heteroatoms. The van der Waals surface area contributed by atoms with Crippen LogP contribution in [0.25, 0.3) is 32.8 Å². The highest BCUT2D eigenvalue weighted by Gasteiger charge is 2.34. The van der Waals surface area contributed by atoms with Gasteiger partial charge in [-0.2, -0.15) is 0 Å². The molecule has 0 spiro atoms. The molecule has 2 bridgehead atoms. The van der Waals surface area contributed by atoms with Crippen LogP contribution in [-0.4, -0.2) is 46.9 Å². The average Bonchev–Trinajstić information content (AvgIpc) is 3.23. The van der Waals surface area contributed by atoms with Crippen LogP contribution in [0.5, 0.6) is 11.5 Å². The Morgan fingerprint density at radius 3 is 2.78 bits per heavy atom. The number of terminal acetylenes is 1. The second-order valence-corrected chi connectivity index (χ2v) is 10.0. The number of nitrogens with one attached hydrogen (secondary N) is 1. The smallest absolute Gasteiger partial charge is 0.153 e. The maximum absolute atomic E-state index is 14.7. The lowest BCUT2D eigenvalue weighted by molar-refractivity contribution is 0.318. The lowest BCUT2D eigenvalue weighted by atomic mass is 9.93. The maximum Gasteiger partial charge on any atom is 0.153 e. The van der Waals surface area contributed by atoms with Crippen LogP contribution in [0.4, 0.5) is 10.2 Å². The highest BCUT2D eigenvalue weighted by atomic mass is 19.1. The van der Waals surface area contributed by atoms with Gasteiger partial charge in [-0.25, -0.2) is 9.37 Å². The zero-order valence-electron chi connectivity index (χ0n) is 19.9. The van der Waals surface area contributed by atoms with Crippen LogP contribution in [0.15, 0.2) is 30.5 Å². The molecule has 2 saturated heterocycles. The van der Waals surface area contributed by atoms with Crippen molar-refractivity contribution in [1.82, 2.24) is 15.3 Å². The molecule has 2 aromatic heterocycles. The van der Waals surface area contributed by atoms with Crippen LogP contribution in [0, 0.1) is 25.1 Å². The van der Waals surface area contributed by atoms with E-state index in [1.54, 1.807) is 18.2 Å². The van der Waals surface area contributed by atoms with Gasteiger partial charge in [-0.1, -0.05) is 12.0 Å². The average molecular weight is 481 g/mol. The summed E-state index contributed by atoms with van der Waals surface area (Å²) in [5.74, 6) is 3.64. The Morgan fingerprint density at radius 2 is 2.00 bits per heavy atom. The molecule has 2 N–H and O–H groups in total. The quantitative estimate of drug-likeness (QED) is 0.413. The van der Waals surface area contributed by atoms with E-state index in [2.05, 4.69) is 23.1 Å². The summed E-state index contributed by atoms with van der Waals surface area (Å²) in [5, 5.41) is 17.4. The molecule has 180 valence electrons. The number of hydrogen-bond acceptors (Lipinski definition) is 6. The van der Waals surface area contributed by atoms with Gasteiger partial charge in [0.1, 0.15) is 23.1 Å². The molecule has 2 aromatic carbocycles. The van der Waals surface area contributed by atoms with E-state index in [1.807, 2.05) is 6.20 Å². The lowest BCUT2D eigenvalue weighted by Gasteiger charge is -2.35. The third-order valence-corrected chi connectivity index (χ3v) is 7.85. The van der Waals surface area contributed by atoms with E-state index in [1.165, 1.54) is 18.9 Å². The first kappa shape index (κ1) is 21.4. The molecule has 0 radical (unpaired) electrons. The number of ether oxygens (including phenoxy) is 1. The Bertz CT molecular complexity index is 1610. The molecule has 0 aliphatic carbocycles. The van der Waals surface area contributed by atoms with Crippen molar-refractivity contribution in [3.05, 3.63) is 53.1 Å². The second-order valence-electron chi connectivity index (χ2n) is 10.0. The monoisotopic (exact) mass is 480 g/mol. The largest absolute Gasteiger partial charge is 0.508 e. The predicted molar refractivity (Wildman–Crippen MR) is 138 cm³/mol. The van der Waals surface area contributed by atoms with Gasteiger partial charge in [0.2, 0.25) is 0 Å². The van der Waals surface area contributed by atoms with Crippen LogP contribution in [-0.2, 0) is 6.42 Å². The van der Waals surface area contributed by atoms with Crippen molar-refractivity contribution in [3.8, 4) is 35.1 Å². The Kier molecular flexibility index (Phi) is 4.64. The fourth-order valence-electron chi connectivity index (χ4n) is 6.29. The van der Waals surface area contributed by atoms with E-state index < -0.39 is 5.82 Å². The minimum Gasteiger partial charge on any atom is -0.508 e. The van der Waals surface area contributed by atoms with Gasteiger partial charge in [0.15, 0.2) is 5.75 Å². The first-order valence-corrected chi connectivity index (χ1v) is 12.4. The van der Waals surface area contributed by atoms with E-state index >= 15 is 0 Å². The molecule has 2 atom stereocenters. The number of phenolic OH excluding ortho intramolecular Hbond substituents is 1. The molecular weight excluding hydrogens is 455 g/mol. The van der Waals surface area contributed by atoms with Crippen molar-refractivity contribution in [1.29, 1.82) is 0 Å². The normalized spacial score (nSPS) is 20.5. The number of aromatic hydroxyl groups is 1. The molecule has 0 amide bonds. The van der Waals surface area contributed by atoms with Crippen LogP contribution in [0.3, 0.4) is 0 Å². The number of benzene rings is 2. The van der Waals surface area contributed by atoms with E-state index in [0.717, 1.165) is 47.4 Å². The van der Waals surface area contributed by atoms with Gasteiger partial charge in [0.25, 0.3) is 0 Å². The van der Waals surface area contributed by atoms with Crippen molar-refractivity contribution in [2.45, 2.75) is 38.3 Å². The summed E-state index contributed by atoms with van der Waals surface area (Å²) in [5.41, 5.74) is 3.38. The zero-order chi connectivity index (χ0) is 24.6. The number of anilines is 1. The SMILES string of the molecule is C#Cc1c(F)ccc2cc(O)cc(-c3ncc4c(N5C[C@H]6CC[C@@H](C5)N6)nc(C)c5c4c3OCC5)c12. The number of phenols is 1. The standard InChI is InChI=1S/C29H25FN4O2/c1-3-20-24(30)7-4-16-10-19(35)11-22(25(16)20)27-28-26-21(8-9-36-28)15(2)32-29(23(26)12-31-27)34-13-17-5-6-18(14-34)33-17/h1,4,7,10-12,17-18,33,35H,5-6,8-9,13-14H2,2H3/t17-,18+. The van der Waals surface area contributed by atoms with E-state index in [-0.39, 0.29) is 11.3 Å². The predicted octanol–water partition coefficient (Wildman–Crippen LogP) is 4.46. The van der Waals surface area contributed by atoms with Crippen LogP contribution in [0.2, 0.25) is 0 Å². The van der Waals surface area contributed by atoms with Gasteiger partial charge in [-0.3, -0.25) is 4.98 Å². The lowest BCUT2D eigenvalue weighted by Crippen LogP contribution is -2.51. The maximum atomic E-state index is 14.7. The Morgan fingerprint density at radius 1 is 1.19 bits per heavy atom. The number of halogens is 1. The van der Waals surface area contributed by atoms with Gasteiger partial charge in [0, 0.05) is 65.2 Å². The van der Waals surface area contributed by atoms with E-state index in [0.29, 0.717) is 46.5 Å². The number of fused-ring (bicyclic) bond motifs is 3. The molecule has 3 aliphatic rings.